The number of likely N-dealkylation sites (tertiary alicyclic amines) is 1. The predicted octanol–water partition coefficient (Wildman–Crippen LogP) is 3.59. The molecule has 0 bridgehead atoms. The van der Waals surface area contributed by atoms with Gasteiger partial charge in [0.2, 0.25) is 0 Å². The summed E-state index contributed by atoms with van der Waals surface area (Å²) in [5.41, 5.74) is 6.33. The highest BCUT2D eigenvalue weighted by molar-refractivity contribution is 5.84. The number of rotatable bonds is 5. The minimum absolute atomic E-state index is 0.0471. The average Bonchev–Trinajstić information content (AvgIpc) is 3.22. The lowest BCUT2D eigenvalue weighted by Gasteiger charge is -2.43. The predicted molar refractivity (Wildman–Crippen MR) is 140 cm³/mol. The van der Waals surface area contributed by atoms with Gasteiger partial charge in [0, 0.05) is 12.6 Å². The number of benzene rings is 2. The zero-order valence-corrected chi connectivity index (χ0v) is 20.8. The average molecular weight is 522 g/mol. The minimum atomic E-state index is -3.13. The SMILES string of the molecule is Nc1ncnc2c1n(-c1ccc(Oc3ccccc3)cc1)c(=O)n2[C@@H]1CCN(C2CCNCC2)CC1(F)F. The van der Waals surface area contributed by atoms with E-state index >= 15 is 8.78 Å². The number of para-hydroxylation sites is 1. The molecule has 3 N–H and O–H groups in total. The summed E-state index contributed by atoms with van der Waals surface area (Å²) in [7, 11) is 0. The third-order valence-corrected chi connectivity index (χ3v) is 7.48. The van der Waals surface area contributed by atoms with Gasteiger partial charge in [-0.05, 0) is 68.8 Å². The molecule has 4 heterocycles. The maximum Gasteiger partial charge on any atom is 0.335 e. The Morgan fingerprint density at radius 2 is 1.68 bits per heavy atom. The molecule has 0 amide bonds. The zero-order chi connectivity index (χ0) is 26.3. The maximum absolute atomic E-state index is 15.7. The Balaban J connectivity index is 1.36. The molecular formula is C27H29F2N7O2. The maximum atomic E-state index is 15.7. The summed E-state index contributed by atoms with van der Waals surface area (Å²) in [4.78, 5) is 24.0. The molecule has 0 aliphatic carbocycles. The normalized spacial score (nSPS) is 20.5. The van der Waals surface area contributed by atoms with Gasteiger partial charge >= 0.3 is 5.69 Å². The first-order valence-corrected chi connectivity index (χ1v) is 12.8. The van der Waals surface area contributed by atoms with Crippen LogP contribution in [0.4, 0.5) is 14.6 Å². The Morgan fingerprint density at radius 1 is 0.974 bits per heavy atom. The standard InChI is InChI=1S/C27H29F2N7O2/c28-27(29)16-34(18-10-13-31-14-11-18)15-12-22(27)36-25-23(24(30)32-17-33-25)35(26(36)37)19-6-8-21(9-7-19)38-20-4-2-1-3-5-20/h1-9,17-18,22,31H,10-16H2,(H2,30,32,33)/t22-/m1/s1. The van der Waals surface area contributed by atoms with Crippen molar-refractivity contribution in [2.45, 2.75) is 37.3 Å². The van der Waals surface area contributed by atoms with E-state index in [0.717, 1.165) is 30.5 Å². The number of ether oxygens (including phenoxy) is 1. The lowest BCUT2D eigenvalue weighted by atomic mass is 9.96. The monoisotopic (exact) mass is 521 g/mol. The van der Waals surface area contributed by atoms with Crippen LogP contribution in [0.25, 0.3) is 16.9 Å². The van der Waals surface area contributed by atoms with Crippen molar-refractivity contribution in [1.82, 2.24) is 29.3 Å². The summed E-state index contributed by atoms with van der Waals surface area (Å²) in [5, 5.41) is 3.28. The van der Waals surface area contributed by atoms with Gasteiger partial charge in [-0.15, -0.1) is 0 Å². The van der Waals surface area contributed by atoms with Crippen molar-refractivity contribution < 1.29 is 13.5 Å². The van der Waals surface area contributed by atoms with E-state index < -0.39 is 24.2 Å². The molecule has 0 unspecified atom stereocenters. The fraction of sp³-hybridized carbons (Fsp3) is 0.370. The van der Waals surface area contributed by atoms with Crippen molar-refractivity contribution in [2.75, 3.05) is 31.9 Å². The second-order valence-corrected chi connectivity index (χ2v) is 9.85. The van der Waals surface area contributed by atoms with Gasteiger partial charge < -0.3 is 15.8 Å². The number of alkyl halides is 2. The number of nitrogens with two attached hydrogens (primary N) is 1. The lowest BCUT2D eigenvalue weighted by Crippen LogP contribution is -2.55. The molecule has 2 saturated heterocycles. The van der Waals surface area contributed by atoms with E-state index in [1.807, 2.05) is 35.2 Å². The molecule has 0 spiro atoms. The van der Waals surface area contributed by atoms with Gasteiger partial charge in [-0.25, -0.2) is 23.5 Å². The van der Waals surface area contributed by atoms with Crippen LogP contribution in [0.15, 0.2) is 65.7 Å². The molecule has 9 nitrogen and oxygen atoms in total. The molecule has 1 atom stereocenters. The van der Waals surface area contributed by atoms with Crippen LogP contribution in [0, 0.1) is 0 Å². The van der Waals surface area contributed by atoms with Crippen LogP contribution in [0.3, 0.4) is 0 Å². The van der Waals surface area contributed by atoms with E-state index in [2.05, 4.69) is 15.3 Å². The van der Waals surface area contributed by atoms with Crippen molar-refractivity contribution in [3.05, 3.63) is 71.4 Å². The van der Waals surface area contributed by atoms with Crippen LogP contribution in [0.2, 0.25) is 0 Å². The van der Waals surface area contributed by atoms with Gasteiger partial charge in [0.1, 0.15) is 29.4 Å². The van der Waals surface area contributed by atoms with E-state index in [0.29, 0.717) is 23.7 Å². The van der Waals surface area contributed by atoms with Gasteiger partial charge in [-0.1, -0.05) is 18.2 Å². The molecule has 2 aromatic heterocycles. The fourth-order valence-electron chi connectivity index (χ4n) is 5.63. The van der Waals surface area contributed by atoms with E-state index in [-0.39, 0.29) is 29.4 Å². The number of hydrogen-bond acceptors (Lipinski definition) is 7. The minimum Gasteiger partial charge on any atom is -0.457 e. The molecular weight excluding hydrogens is 492 g/mol. The Bertz CT molecular complexity index is 1480. The third kappa shape index (κ3) is 4.41. The number of nitrogens with zero attached hydrogens (tertiary/aromatic N) is 5. The molecule has 6 rings (SSSR count). The molecule has 2 aliphatic rings. The zero-order valence-electron chi connectivity index (χ0n) is 20.8. The summed E-state index contributed by atoms with van der Waals surface area (Å²) < 4.78 is 39.7. The van der Waals surface area contributed by atoms with Gasteiger partial charge in [0.05, 0.1) is 12.2 Å². The highest BCUT2D eigenvalue weighted by Crippen LogP contribution is 2.39. The van der Waals surface area contributed by atoms with Crippen molar-refractivity contribution in [1.29, 1.82) is 0 Å². The summed E-state index contributed by atoms with van der Waals surface area (Å²) in [6.07, 6.45) is 3.02. The number of piperidine rings is 2. The van der Waals surface area contributed by atoms with Crippen LogP contribution in [-0.2, 0) is 0 Å². The van der Waals surface area contributed by atoms with E-state index in [1.54, 1.807) is 24.3 Å². The van der Waals surface area contributed by atoms with Gasteiger partial charge in [-0.2, -0.15) is 0 Å². The van der Waals surface area contributed by atoms with Crippen LogP contribution in [0.5, 0.6) is 11.5 Å². The van der Waals surface area contributed by atoms with Crippen molar-refractivity contribution in [3.63, 3.8) is 0 Å². The Hall–Kier alpha value is -3.83. The van der Waals surface area contributed by atoms with Crippen LogP contribution in [-0.4, -0.2) is 62.1 Å². The highest BCUT2D eigenvalue weighted by atomic mass is 19.3. The van der Waals surface area contributed by atoms with Crippen molar-refractivity contribution in [3.8, 4) is 17.2 Å². The number of nitrogen functional groups attached to an aromatic ring is 1. The first kappa shape index (κ1) is 24.5. The van der Waals surface area contributed by atoms with Gasteiger partial charge in [-0.3, -0.25) is 14.0 Å². The summed E-state index contributed by atoms with van der Waals surface area (Å²) in [5.74, 6) is -1.84. The smallest absolute Gasteiger partial charge is 0.335 e. The number of fused-ring (bicyclic) bond motifs is 1. The number of halogens is 2. The number of anilines is 1. The topological polar surface area (TPSA) is 103 Å². The second kappa shape index (κ2) is 9.80. The van der Waals surface area contributed by atoms with E-state index in [1.165, 1.54) is 10.9 Å². The molecule has 198 valence electrons. The molecule has 2 fully saturated rings. The number of hydrogen-bond donors (Lipinski definition) is 2. The molecule has 11 heteroatoms. The van der Waals surface area contributed by atoms with Crippen LogP contribution < -0.4 is 21.5 Å². The van der Waals surface area contributed by atoms with E-state index in [9.17, 15) is 4.79 Å². The summed E-state index contributed by atoms with van der Waals surface area (Å²) in [6, 6.07) is 14.9. The first-order chi connectivity index (χ1) is 18.4. The third-order valence-electron chi connectivity index (χ3n) is 7.48. The molecule has 0 saturated carbocycles. The molecule has 38 heavy (non-hydrogen) atoms. The Kier molecular flexibility index (Phi) is 6.32. The summed E-state index contributed by atoms with van der Waals surface area (Å²) in [6.45, 7) is 1.74. The number of imidazole rings is 1. The van der Waals surface area contributed by atoms with Gasteiger partial charge in [0.25, 0.3) is 5.92 Å². The highest BCUT2D eigenvalue weighted by Gasteiger charge is 2.48. The van der Waals surface area contributed by atoms with Crippen molar-refractivity contribution in [2.24, 2.45) is 0 Å². The molecule has 2 aromatic carbocycles. The largest absolute Gasteiger partial charge is 0.457 e. The quantitative estimate of drug-likeness (QED) is 0.414. The summed E-state index contributed by atoms with van der Waals surface area (Å²) >= 11 is 0. The first-order valence-electron chi connectivity index (χ1n) is 12.8. The molecule has 4 aromatic rings. The molecule has 0 radical (unpaired) electrons. The molecule has 2 aliphatic heterocycles. The number of aromatic nitrogens is 4. The van der Waals surface area contributed by atoms with Gasteiger partial charge in [0.15, 0.2) is 11.5 Å². The lowest BCUT2D eigenvalue weighted by molar-refractivity contribution is -0.114. The fourth-order valence-corrected chi connectivity index (χ4v) is 5.63. The van der Waals surface area contributed by atoms with Crippen molar-refractivity contribution >= 4 is 17.0 Å². The van der Waals surface area contributed by atoms with E-state index in [4.69, 9.17) is 10.5 Å². The Labute approximate surface area is 217 Å². The second-order valence-electron chi connectivity index (χ2n) is 9.85. The van der Waals surface area contributed by atoms with Crippen LogP contribution in [0.1, 0.15) is 25.3 Å². The number of nitrogens with one attached hydrogen (secondary N) is 1. The Morgan fingerprint density at radius 3 is 2.39 bits per heavy atom. The van der Waals surface area contributed by atoms with Crippen LogP contribution >= 0.6 is 0 Å².